The van der Waals surface area contributed by atoms with Crippen molar-refractivity contribution >= 4 is 0 Å². The molecule has 0 heterocycles. The van der Waals surface area contributed by atoms with Gasteiger partial charge in [-0.05, 0) is 0 Å². The molecule has 42 heavy (non-hydrogen) atoms. The Morgan fingerprint density at radius 3 is 1.29 bits per heavy atom. The van der Waals surface area contributed by atoms with Crippen molar-refractivity contribution in [2.24, 2.45) is 11.5 Å². The van der Waals surface area contributed by atoms with Crippen LogP contribution in [-0.4, -0.2) is 35.9 Å². The van der Waals surface area contributed by atoms with Crippen LogP contribution in [0.1, 0.15) is 5.56 Å². The van der Waals surface area contributed by atoms with Crippen LogP contribution in [0, 0.1) is 11.6 Å². The summed E-state index contributed by atoms with van der Waals surface area (Å²) in [7, 11) is 0. The number of allylic oxidation sites excluding steroid dienone is 2. The molecule has 2 aliphatic carbocycles. The minimum Gasteiger partial charge on any atom is -0.478 e. The van der Waals surface area contributed by atoms with E-state index >= 15 is 0 Å². The highest BCUT2D eigenvalue weighted by atomic mass is 19.4. The van der Waals surface area contributed by atoms with E-state index in [4.69, 9.17) is 11.5 Å². The minimum atomic E-state index is -6.42. The first-order valence-corrected chi connectivity index (χ1v) is 10.3. The molecule has 4 unspecified atom stereocenters. The van der Waals surface area contributed by atoms with Gasteiger partial charge in [0.2, 0.25) is 5.82 Å². The van der Waals surface area contributed by atoms with Crippen molar-refractivity contribution < 1.29 is 84.1 Å². The summed E-state index contributed by atoms with van der Waals surface area (Å²) in [5, 5.41) is 0. The molecule has 0 bridgehead atoms. The lowest BCUT2D eigenvalue weighted by molar-refractivity contribution is -0.235. The average Bonchev–Trinajstić information content (AvgIpc) is 2.82. The van der Waals surface area contributed by atoms with Crippen LogP contribution in [-0.2, 0) is 6.18 Å². The Morgan fingerprint density at radius 2 is 0.952 bits per heavy atom. The number of benzene rings is 1. The lowest BCUT2D eigenvalue weighted by Crippen LogP contribution is -2.55. The van der Waals surface area contributed by atoms with E-state index in [1.807, 2.05) is 0 Å². The van der Waals surface area contributed by atoms with Crippen LogP contribution in [0.4, 0.5) is 74.6 Å². The predicted molar refractivity (Wildman–Crippen MR) is 103 cm³/mol. The summed E-state index contributed by atoms with van der Waals surface area (Å²) < 4.78 is 244. The summed E-state index contributed by atoms with van der Waals surface area (Å²) in [6, 6.07) is -0.787. The summed E-state index contributed by atoms with van der Waals surface area (Å²) in [5.41, 5.74) is -8.13. The highest BCUT2D eigenvalue weighted by Crippen LogP contribution is 2.51. The molecule has 0 saturated carbocycles. The summed E-state index contributed by atoms with van der Waals surface area (Å²) in [5.74, 6) is -21.6. The van der Waals surface area contributed by atoms with Gasteiger partial charge in [0.25, 0.3) is 11.3 Å². The van der Waals surface area contributed by atoms with Crippen molar-refractivity contribution in [1.82, 2.24) is 0 Å². The zero-order chi connectivity index (χ0) is 32.5. The van der Waals surface area contributed by atoms with Gasteiger partial charge in [-0.1, -0.05) is 0 Å². The lowest BCUT2D eigenvalue weighted by Gasteiger charge is -2.36. The average molecular weight is 644 g/mol. The molecule has 4 N–H and O–H groups in total. The maximum Gasteiger partial charge on any atom is 0.430 e. The number of rotatable bonds is 4. The third kappa shape index (κ3) is 5.05. The number of hydrogen-bond donors (Lipinski definition) is 2. The van der Waals surface area contributed by atoms with Crippen LogP contribution >= 0.6 is 0 Å². The van der Waals surface area contributed by atoms with Crippen LogP contribution < -0.4 is 20.9 Å². The maximum absolute atomic E-state index is 14.9. The largest absolute Gasteiger partial charge is 0.478 e. The second kappa shape index (κ2) is 9.89. The van der Waals surface area contributed by atoms with Crippen LogP contribution in [0.5, 0.6) is 11.5 Å². The van der Waals surface area contributed by atoms with Crippen molar-refractivity contribution in [3.8, 4) is 11.5 Å². The number of nitrogens with two attached hydrogens (primary N) is 2. The molecule has 2 aliphatic rings. The first kappa shape index (κ1) is 32.7. The second-order valence-corrected chi connectivity index (χ2v) is 8.41. The zero-order valence-corrected chi connectivity index (χ0v) is 19.3. The molecular weight excluding hydrogens is 635 g/mol. The van der Waals surface area contributed by atoms with E-state index in [0.717, 1.165) is 0 Å². The molecule has 234 valence electrons. The van der Waals surface area contributed by atoms with Crippen LogP contribution in [0.25, 0.3) is 0 Å². The van der Waals surface area contributed by atoms with Gasteiger partial charge in [0.15, 0.2) is 35.4 Å². The van der Waals surface area contributed by atoms with Gasteiger partial charge in [-0.25, -0.2) is 30.7 Å². The smallest absolute Gasteiger partial charge is 0.430 e. The highest BCUT2D eigenvalue weighted by Gasteiger charge is 2.66. The first-order valence-electron chi connectivity index (χ1n) is 10.3. The summed E-state index contributed by atoms with van der Waals surface area (Å²) in [6.45, 7) is 0. The van der Waals surface area contributed by atoms with Gasteiger partial charge in [0.1, 0.15) is 34.4 Å². The molecule has 21 heteroatoms. The Morgan fingerprint density at radius 1 is 0.595 bits per heavy atom. The molecule has 0 saturated heterocycles. The summed E-state index contributed by atoms with van der Waals surface area (Å²) in [4.78, 5) is 0. The molecule has 1 aromatic carbocycles. The Hall–Kier alpha value is -3.81. The van der Waals surface area contributed by atoms with E-state index in [1.54, 1.807) is 0 Å². The number of hydrogen-bond acceptors (Lipinski definition) is 4. The fourth-order valence-corrected chi connectivity index (χ4v) is 3.57. The molecular formula is C21H9F17N2O2. The van der Waals surface area contributed by atoms with Crippen molar-refractivity contribution in [3.63, 3.8) is 0 Å². The van der Waals surface area contributed by atoms with E-state index < -0.39 is 124 Å². The quantitative estimate of drug-likeness (QED) is 0.346. The Bertz CT molecular complexity index is 1420. The Balaban J connectivity index is 2.28. The Kier molecular flexibility index (Phi) is 7.70. The standard InChI is InChI=1S/C21H9F17N2O2/c22-4-2-17(28,20(33,34)35)15(11(26)13(4)39)41-6-1-7(9(24)10(25)8(6)19(30,31)32)42-16-12(27)14(40)5(23)3-18(16,29)21(36,37)38/h1-3,15-16H,39-40H2. The van der Waals surface area contributed by atoms with Crippen molar-refractivity contribution in [2.45, 2.75) is 42.1 Å². The van der Waals surface area contributed by atoms with E-state index in [0.29, 0.717) is 0 Å². The summed E-state index contributed by atoms with van der Waals surface area (Å²) >= 11 is 0. The fraction of sp³-hybridized carbons (Fsp3) is 0.333. The Labute approximate surface area is 220 Å². The predicted octanol–water partition coefficient (Wildman–Crippen LogP) is 7.03. The third-order valence-corrected chi connectivity index (χ3v) is 5.71. The van der Waals surface area contributed by atoms with Gasteiger partial charge < -0.3 is 20.9 Å². The number of ether oxygens (including phenoxy) is 2. The van der Waals surface area contributed by atoms with Gasteiger partial charge in [-0.2, -0.15) is 43.9 Å². The molecule has 4 atom stereocenters. The van der Waals surface area contributed by atoms with Crippen molar-refractivity contribution in [3.05, 3.63) is 70.1 Å². The number of alkyl halides is 11. The zero-order valence-electron chi connectivity index (χ0n) is 19.3. The monoisotopic (exact) mass is 644 g/mol. The van der Waals surface area contributed by atoms with E-state index in [-0.39, 0.29) is 0 Å². The summed E-state index contributed by atoms with van der Waals surface area (Å²) in [6.07, 6.45) is -29.2. The van der Waals surface area contributed by atoms with Gasteiger partial charge in [-0.3, -0.25) is 0 Å². The first-order chi connectivity index (χ1) is 18.8. The van der Waals surface area contributed by atoms with Gasteiger partial charge in [0.05, 0.1) is 0 Å². The van der Waals surface area contributed by atoms with Crippen LogP contribution in [0.15, 0.2) is 52.9 Å². The third-order valence-electron chi connectivity index (χ3n) is 5.71. The van der Waals surface area contributed by atoms with E-state index in [9.17, 15) is 74.6 Å². The van der Waals surface area contributed by atoms with Gasteiger partial charge in [-0.15, -0.1) is 0 Å². The molecule has 0 aliphatic heterocycles. The SMILES string of the molecule is NC1=C(F)C(Oc2cc(OC3C(F)=C(N)C(F)=CC3(F)C(F)(F)F)c(C(F)(F)F)c(F)c2F)C(F)(C(F)(F)F)C=C1F. The molecule has 0 fully saturated rings. The maximum atomic E-state index is 14.9. The number of halogens is 17. The van der Waals surface area contributed by atoms with Gasteiger partial charge in [0, 0.05) is 18.2 Å². The van der Waals surface area contributed by atoms with Crippen LogP contribution in [0.2, 0.25) is 0 Å². The van der Waals surface area contributed by atoms with E-state index in [2.05, 4.69) is 9.47 Å². The molecule has 1 aromatic rings. The normalized spacial score (nSPS) is 27.6. The minimum absolute atomic E-state index is 0.787. The van der Waals surface area contributed by atoms with Crippen molar-refractivity contribution in [1.29, 1.82) is 0 Å². The molecule has 4 nitrogen and oxygen atoms in total. The molecule has 0 amide bonds. The van der Waals surface area contributed by atoms with Gasteiger partial charge >= 0.3 is 18.5 Å². The molecule has 0 radical (unpaired) electrons. The van der Waals surface area contributed by atoms with Crippen molar-refractivity contribution in [2.75, 3.05) is 0 Å². The van der Waals surface area contributed by atoms with E-state index in [1.165, 1.54) is 0 Å². The highest BCUT2D eigenvalue weighted by molar-refractivity contribution is 5.48. The molecule has 3 rings (SSSR count). The topological polar surface area (TPSA) is 70.5 Å². The molecule has 0 aromatic heterocycles. The molecule has 0 spiro atoms. The second-order valence-electron chi connectivity index (χ2n) is 8.41. The van der Waals surface area contributed by atoms with Crippen LogP contribution in [0.3, 0.4) is 0 Å². The lowest BCUT2D eigenvalue weighted by atomic mass is 9.90. The fourth-order valence-electron chi connectivity index (χ4n) is 3.57.